The normalized spacial score (nSPS) is 12.5. The fourth-order valence-corrected chi connectivity index (χ4v) is 5.60. The average molecular weight is 551 g/mol. The minimum Gasteiger partial charge on any atom is -0.493 e. The minimum atomic E-state index is -4.29. The van der Waals surface area contributed by atoms with Crippen LogP contribution in [-0.2, 0) is 24.7 Å². The van der Waals surface area contributed by atoms with Gasteiger partial charge in [-0.3, -0.25) is 9.10 Å². The number of anilines is 1. The Bertz CT molecular complexity index is 1470. The highest BCUT2D eigenvalue weighted by molar-refractivity contribution is 7.93. The Balaban J connectivity index is 1.90. The molecule has 1 N–H and O–H groups in total. The van der Waals surface area contributed by atoms with E-state index in [1.165, 1.54) is 56.7 Å². The number of sulfone groups is 1. The van der Waals surface area contributed by atoms with E-state index in [2.05, 4.69) is 5.32 Å². The number of nitrogens with one attached hydrogen (secondary N) is 1. The van der Waals surface area contributed by atoms with Gasteiger partial charge in [0.05, 0.1) is 35.7 Å². The first-order chi connectivity index (χ1) is 17.4. The summed E-state index contributed by atoms with van der Waals surface area (Å²) in [6.07, 6.45) is 1.09. The highest BCUT2D eigenvalue weighted by Crippen LogP contribution is 2.32. The third kappa shape index (κ3) is 6.57. The molecule has 1 amide bonds. The van der Waals surface area contributed by atoms with E-state index in [-0.39, 0.29) is 21.2 Å². The number of rotatable bonds is 10. The van der Waals surface area contributed by atoms with E-state index in [0.29, 0.717) is 11.3 Å². The molecule has 0 bridgehead atoms. The van der Waals surface area contributed by atoms with Gasteiger partial charge in [0, 0.05) is 12.3 Å². The van der Waals surface area contributed by atoms with Crippen LogP contribution >= 0.6 is 0 Å². The van der Waals surface area contributed by atoms with E-state index >= 15 is 0 Å². The van der Waals surface area contributed by atoms with Crippen molar-refractivity contribution < 1.29 is 35.5 Å². The lowest BCUT2D eigenvalue weighted by molar-refractivity contribution is -0.120. The van der Waals surface area contributed by atoms with Gasteiger partial charge in [0.2, 0.25) is 5.91 Å². The van der Waals surface area contributed by atoms with Crippen LogP contribution in [0.25, 0.3) is 0 Å². The summed E-state index contributed by atoms with van der Waals surface area (Å²) in [6.45, 7) is 1.08. The Morgan fingerprint density at radius 1 is 0.892 bits per heavy atom. The Labute approximate surface area is 215 Å². The second kappa shape index (κ2) is 11.2. The van der Waals surface area contributed by atoms with Gasteiger partial charge < -0.3 is 14.8 Å². The Morgan fingerprint density at radius 3 is 2.00 bits per heavy atom. The topological polar surface area (TPSA) is 119 Å². The number of nitrogens with zero attached hydrogens (tertiary/aromatic N) is 1. The molecule has 0 aliphatic carbocycles. The predicted octanol–water partition coefficient (Wildman–Crippen LogP) is 3.32. The van der Waals surface area contributed by atoms with Gasteiger partial charge in [-0.25, -0.2) is 21.2 Å². The first kappa shape index (κ1) is 27.9. The number of ether oxygens (including phenoxy) is 2. The highest BCUT2D eigenvalue weighted by Gasteiger charge is 2.29. The molecule has 0 saturated heterocycles. The number of hydrogen-bond donors (Lipinski definition) is 1. The molecule has 12 heteroatoms. The first-order valence-corrected chi connectivity index (χ1v) is 14.3. The summed E-state index contributed by atoms with van der Waals surface area (Å²) < 4.78 is 75.4. The lowest BCUT2D eigenvalue weighted by Gasteiger charge is -2.25. The molecule has 0 fully saturated rings. The largest absolute Gasteiger partial charge is 0.493 e. The van der Waals surface area contributed by atoms with Crippen molar-refractivity contribution in [3.8, 4) is 11.5 Å². The molecule has 0 radical (unpaired) electrons. The van der Waals surface area contributed by atoms with Crippen LogP contribution in [0.3, 0.4) is 0 Å². The summed E-state index contributed by atoms with van der Waals surface area (Å²) in [5, 5.41) is 2.72. The second-order valence-electron chi connectivity index (χ2n) is 8.14. The summed E-state index contributed by atoms with van der Waals surface area (Å²) in [7, 11) is -4.89. The molecule has 3 aromatic rings. The van der Waals surface area contributed by atoms with Crippen LogP contribution in [-0.4, -0.2) is 49.8 Å². The summed E-state index contributed by atoms with van der Waals surface area (Å²) in [5.74, 6) is -0.697. The molecule has 0 heterocycles. The zero-order valence-corrected chi connectivity index (χ0v) is 22.3. The molecule has 0 spiro atoms. The van der Waals surface area contributed by atoms with Gasteiger partial charge >= 0.3 is 0 Å². The molecular weight excluding hydrogens is 523 g/mol. The number of halogens is 1. The molecule has 0 aromatic heterocycles. The van der Waals surface area contributed by atoms with E-state index in [0.717, 1.165) is 22.7 Å². The average Bonchev–Trinajstić information content (AvgIpc) is 2.86. The van der Waals surface area contributed by atoms with E-state index in [1.54, 1.807) is 19.1 Å². The zero-order valence-electron chi connectivity index (χ0n) is 20.6. The van der Waals surface area contributed by atoms with Crippen molar-refractivity contribution >= 4 is 31.5 Å². The number of amides is 1. The van der Waals surface area contributed by atoms with Crippen molar-refractivity contribution in [2.24, 2.45) is 0 Å². The van der Waals surface area contributed by atoms with Gasteiger partial charge in [-0.2, -0.15) is 0 Å². The van der Waals surface area contributed by atoms with Crippen molar-refractivity contribution in [1.29, 1.82) is 0 Å². The summed E-state index contributed by atoms with van der Waals surface area (Å²) in [5.41, 5.74) is 0.702. The maximum absolute atomic E-state index is 13.6. The third-order valence-electron chi connectivity index (χ3n) is 5.53. The van der Waals surface area contributed by atoms with E-state index in [1.807, 2.05) is 0 Å². The fraction of sp³-hybridized carbons (Fsp3) is 0.240. The molecule has 198 valence electrons. The number of carbonyl (C=O) groups is 1. The number of hydrogen-bond acceptors (Lipinski definition) is 7. The molecule has 9 nitrogen and oxygen atoms in total. The van der Waals surface area contributed by atoms with Gasteiger partial charge in [-0.1, -0.05) is 12.1 Å². The zero-order chi connectivity index (χ0) is 27.4. The quantitative estimate of drug-likeness (QED) is 0.411. The van der Waals surface area contributed by atoms with Crippen LogP contribution in [0.2, 0.25) is 0 Å². The van der Waals surface area contributed by atoms with E-state index in [9.17, 15) is 26.0 Å². The van der Waals surface area contributed by atoms with Crippen LogP contribution in [0, 0.1) is 5.82 Å². The number of sulfonamides is 1. The SMILES string of the molecule is COc1ccc(S(=O)(=O)N(CC(=O)N[C@@H](C)c2ccc(S(C)(=O)=O)cc2)c2ccc(F)cc2)cc1OC. The minimum absolute atomic E-state index is 0.0801. The van der Waals surface area contributed by atoms with Crippen LogP contribution in [0.15, 0.2) is 76.5 Å². The lowest BCUT2D eigenvalue weighted by Crippen LogP contribution is -2.41. The monoisotopic (exact) mass is 550 g/mol. The standard InChI is InChI=1S/C25H27FN2O7S2/c1-17(18-5-11-21(12-6-18)36(4,30)31)27-25(29)16-28(20-9-7-19(26)8-10-20)37(32,33)22-13-14-23(34-2)24(15-22)35-3/h5-15,17H,16H2,1-4H3,(H,27,29)/t17-/m0/s1. The van der Waals surface area contributed by atoms with Crippen molar-refractivity contribution in [2.75, 3.05) is 31.3 Å². The van der Waals surface area contributed by atoms with E-state index in [4.69, 9.17) is 9.47 Å². The van der Waals surface area contributed by atoms with Crippen LogP contribution in [0.1, 0.15) is 18.5 Å². The summed E-state index contributed by atoms with van der Waals surface area (Å²) >= 11 is 0. The molecule has 3 aromatic carbocycles. The van der Waals surface area contributed by atoms with Crippen molar-refractivity contribution in [1.82, 2.24) is 5.32 Å². The Morgan fingerprint density at radius 2 is 1.46 bits per heavy atom. The summed E-state index contributed by atoms with van der Waals surface area (Å²) in [6, 6.07) is 14.2. The van der Waals surface area contributed by atoms with Gasteiger partial charge in [0.1, 0.15) is 12.4 Å². The fourth-order valence-electron chi connectivity index (χ4n) is 3.53. The molecule has 3 rings (SSSR count). The number of methoxy groups -OCH3 is 2. The molecule has 1 atom stereocenters. The third-order valence-corrected chi connectivity index (χ3v) is 8.43. The van der Waals surface area contributed by atoms with Gasteiger partial charge in [0.15, 0.2) is 21.3 Å². The van der Waals surface area contributed by atoms with Crippen LogP contribution in [0.4, 0.5) is 10.1 Å². The maximum atomic E-state index is 13.6. The predicted molar refractivity (Wildman–Crippen MR) is 137 cm³/mol. The van der Waals surface area contributed by atoms with E-state index < -0.39 is 44.2 Å². The Kier molecular flexibility index (Phi) is 8.44. The summed E-state index contributed by atoms with van der Waals surface area (Å²) in [4.78, 5) is 13.0. The molecule has 37 heavy (non-hydrogen) atoms. The highest BCUT2D eigenvalue weighted by atomic mass is 32.2. The molecule has 0 saturated carbocycles. The van der Waals surface area contributed by atoms with Gasteiger partial charge in [0.25, 0.3) is 10.0 Å². The lowest BCUT2D eigenvalue weighted by atomic mass is 10.1. The number of benzene rings is 3. The van der Waals surface area contributed by atoms with Crippen molar-refractivity contribution in [3.05, 3.63) is 78.1 Å². The molecule has 0 aliphatic heterocycles. The molecule has 0 unspecified atom stereocenters. The smallest absolute Gasteiger partial charge is 0.264 e. The van der Waals surface area contributed by atoms with Gasteiger partial charge in [-0.15, -0.1) is 0 Å². The van der Waals surface area contributed by atoms with Crippen LogP contribution < -0.4 is 19.1 Å². The van der Waals surface area contributed by atoms with Crippen LogP contribution in [0.5, 0.6) is 11.5 Å². The number of carbonyl (C=O) groups excluding carboxylic acids is 1. The second-order valence-corrected chi connectivity index (χ2v) is 12.0. The first-order valence-electron chi connectivity index (χ1n) is 11.0. The Hall–Kier alpha value is -3.64. The van der Waals surface area contributed by atoms with Gasteiger partial charge in [-0.05, 0) is 61.0 Å². The molecule has 0 aliphatic rings. The van der Waals surface area contributed by atoms with Crippen molar-refractivity contribution in [3.63, 3.8) is 0 Å². The molecular formula is C25H27FN2O7S2. The maximum Gasteiger partial charge on any atom is 0.264 e. The van der Waals surface area contributed by atoms with Crippen molar-refractivity contribution in [2.45, 2.75) is 22.8 Å².